The molecule has 1 heterocycles. The lowest BCUT2D eigenvalue weighted by atomic mass is 10.2. The van der Waals surface area contributed by atoms with Crippen LogP contribution in [0.25, 0.3) is 0 Å². The molecule has 0 aliphatic carbocycles. The zero-order valence-electron chi connectivity index (χ0n) is 6.20. The summed E-state index contributed by atoms with van der Waals surface area (Å²) >= 11 is 4.60. The Morgan fingerprint density at radius 1 is 1.54 bits per heavy atom. The van der Waals surface area contributed by atoms with Crippen molar-refractivity contribution in [1.29, 1.82) is 0 Å². The van der Waals surface area contributed by atoms with Crippen LogP contribution in [0.1, 0.15) is 17.7 Å². The zero-order chi connectivity index (χ0) is 10.0. The molecule has 72 valence electrons. The van der Waals surface area contributed by atoms with Crippen LogP contribution in [0.2, 0.25) is 0 Å². The van der Waals surface area contributed by atoms with Gasteiger partial charge in [-0.05, 0) is 22.6 Å². The van der Waals surface area contributed by atoms with E-state index in [9.17, 15) is 13.2 Å². The maximum Gasteiger partial charge on any atom is 0.268 e. The highest BCUT2D eigenvalue weighted by atomic mass is 127. The highest BCUT2D eigenvalue weighted by molar-refractivity contribution is 14.1. The van der Waals surface area contributed by atoms with Gasteiger partial charge in [-0.2, -0.15) is 0 Å². The Morgan fingerprint density at radius 3 is 2.62 bits per heavy atom. The third-order valence-corrected chi connectivity index (χ3v) is 2.72. The van der Waals surface area contributed by atoms with Gasteiger partial charge < -0.3 is 0 Å². The summed E-state index contributed by atoms with van der Waals surface area (Å²) in [6.45, 7) is 0. The van der Waals surface area contributed by atoms with Crippen LogP contribution in [0.15, 0.2) is 6.20 Å². The molecule has 0 amide bonds. The lowest BCUT2D eigenvalue weighted by Crippen LogP contribution is -2.02. The molecule has 0 unspecified atom stereocenters. The molecule has 0 bridgehead atoms. The van der Waals surface area contributed by atoms with Crippen LogP contribution in [0, 0.1) is 9.39 Å². The first-order valence-corrected chi connectivity index (χ1v) is 5.44. The lowest BCUT2D eigenvalue weighted by Gasteiger charge is -2.07. The molecule has 1 aromatic heterocycles. The third kappa shape index (κ3) is 2.34. The van der Waals surface area contributed by atoms with Crippen LogP contribution in [-0.4, -0.2) is 4.98 Å². The Labute approximate surface area is 95.0 Å². The molecule has 1 rings (SSSR count). The second-order valence-corrected chi connectivity index (χ2v) is 3.94. The van der Waals surface area contributed by atoms with Crippen molar-refractivity contribution in [3.05, 3.63) is 26.8 Å². The van der Waals surface area contributed by atoms with E-state index < -0.39 is 17.8 Å². The van der Waals surface area contributed by atoms with E-state index in [1.54, 1.807) is 22.6 Å². The largest absolute Gasteiger partial charge is 0.268 e. The van der Waals surface area contributed by atoms with Crippen molar-refractivity contribution in [2.24, 2.45) is 0 Å². The second-order valence-electron chi connectivity index (χ2n) is 2.21. The predicted octanol–water partition coefficient (Wildman–Crippen LogP) is 3.66. The van der Waals surface area contributed by atoms with E-state index in [1.165, 1.54) is 6.20 Å². The second kappa shape index (κ2) is 4.59. The normalized spacial score (nSPS) is 10.9. The summed E-state index contributed by atoms with van der Waals surface area (Å²) in [6, 6.07) is 0. The fourth-order valence-electron chi connectivity index (χ4n) is 0.844. The Hall–Kier alpha value is 0.150. The lowest BCUT2D eigenvalue weighted by molar-refractivity contribution is 0.144. The zero-order valence-corrected chi connectivity index (χ0v) is 9.94. The van der Waals surface area contributed by atoms with Gasteiger partial charge in [0.05, 0.1) is 14.8 Å². The Balaban J connectivity index is 3.32. The number of nitrogens with zero attached hydrogens (tertiary/aromatic N) is 1. The predicted molar refractivity (Wildman–Crippen MR) is 54.5 cm³/mol. The molecule has 6 heteroatoms. The smallest absolute Gasteiger partial charge is 0.259 e. The van der Waals surface area contributed by atoms with E-state index >= 15 is 0 Å². The van der Waals surface area contributed by atoms with E-state index in [4.69, 9.17) is 0 Å². The molecule has 0 atom stereocenters. The maximum atomic E-state index is 13.2. The monoisotopic (exact) mass is 365 g/mol. The summed E-state index contributed by atoms with van der Waals surface area (Å²) in [6.07, 6.45) is -1.59. The summed E-state index contributed by atoms with van der Waals surface area (Å²) in [5, 5.41) is 0.126. The van der Waals surface area contributed by atoms with Crippen molar-refractivity contribution in [2.75, 3.05) is 0 Å². The van der Waals surface area contributed by atoms with Gasteiger partial charge in [0.2, 0.25) is 0 Å². The molecule has 1 nitrogen and oxygen atoms in total. The molecule has 0 spiro atoms. The molecule has 0 aromatic carbocycles. The number of hydrogen-bond donors (Lipinski definition) is 0. The van der Waals surface area contributed by atoms with Crippen LogP contribution in [-0.2, 0) is 5.33 Å². The fraction of sp³-hybridized carbons (Fsp3) is 0.286. The first kappa shape index (κ1) is 11.2. The molecule has 0 saturated heterocycles. The molecule has 1 aromatic rings. The van der Waals surface area contributed by atoms with E-state index in [0.29, 0.717) is 0 Å². The van der Waals surface area contributed by atoms with E-state index in [0.717, 1.165) is 0 Å². The van der Waals surface area contributed by atoms with Crippen molar-refractivity contribution < 1.29 is 13.2 Å². The summed E-state index contributed by atoms with van der Waals surface area (Å²) in [5.74, 6) is -0.875. The number of hydrogen-bond acceptors (Lipinski definition) is 1. The average Bonchev–Trinajstić information content (AvgIpc) is 2.08. The summed E-state index contributed by atoms with van der Waals surface area (Å²) in [4.78, 5) is 3.70. The van der Waals surface area contributed by atoms with Crippen molar-refractivity contribution in [1.82, 2.24) is 4.98 Å². The van der Waals surface area contributed by atoms with Gasteiger partial charge in [-0.1, -0.05) is 15.9 Å². The van der Waals surface area contributed by atoms with E-state index in [1.807, 2.05) is 0 Å². The standard InChI is InChI=1S/C7H4BrF3IN/c8-1-4-5(7(10)11)6(9)3(12)2-13-4/h2,7H,1H2. The van der Waals surface area contributed by atoms with Crippen LogP contribution < -0.4 is 0 Å². The van der Waals surface area contributed by atoms with Gasteiger partial charge in [0, 0.05) is 11.5 Å². The minimum atomic E-state index is -2.82. The molecule has 0 N–H and O–H groups in total. The van der Waals surface area contributed by atoms with Gasteiger partial charge in [-0.25, -0.2) is 13.2 Å². The molecule has 13 heavy (non-hydrogen) atoms. The van der Waals surface area contributed by atoms with Gasteiger partial charge in [-0.15, -0.1) is 0 Å². The number of pyridine rings is 1. The van der Waals surface area contributed by atoms with E-state index in [-0.39, 0.29) is 14.6 Å². The molecule has 0 fully saturated rings. The minimum absolute atomic E-state index is 0.0490. The SMILES string of the molecule is Fc1c(I)cnc(CBr)c1C(F)F. The van der Waals surface area contributed by atoms with Crippen LogP contribution in [0.5, 0.6) is 0 Å². The quantitative estimate of drug-likeness (QED) is 0.575. The number of halogens is 5. The Bertz CT molecular complexity index is 319. The van der Waals surface area contributed by atoms with E-state index in [2.05, 4.69) is 20.9 Å². The van der Waals surface area contributed by atoms with Crippen molar-refractivity contribution in [3.8, 4) is 0 Å². The van der Waals surface area contributed by atoms with Crippen molar-refractivity contribution in [2.45, 2.75) is 11.8 Å². The Kier molecular flexibility index (Phi) is 3.96. The molecular weight excluding hydrogens is 362 g/mol. The number of aromatic nitrogens is 1. The van der Waals surface area contributed by atoms with Crippen molar-refractivity contribution >= 4 is 38.5 Å². The first-order chi connectivity index (χ1) is 6.07. The van der Waals surface area contributed by atoms with Crippen LogP contribution in [0.4, 0.5) is 13.2 Å². The molecule has 0 aliphatic heterocycles. The van der Waals surface area contributed by atoms with Gasteiger partial charge in [-0.3, -0.25) is 4.98 Å². The Morgan fingerprint density at radius 2 is 2.15 bits per heavy atom. The highest BCUT2D eigenvalue weighted by Gasteiger charge is 2.20. The summed E-state index contributed by atoms with van der Waals surface area (Å²) < 4.78 is 38.0. The molecular formula is C7H4BrF3IN. The van der Waals surface area contributed by atoms with Gasteiger partial charge in [0.1, 0.15) is 5.82 Å². The minimum Gasteiger partial charge on any atom is -0.259 e. The summed E-state index contributed by atoms with van der Waals surface area (Å²) in [7, 11) is 0. The number of rotatable bonds is 2. The van der Waals surface area contributed by atoms with Gasteiger partial charge in [0.15, 0.2) is 0 Å². The average molecular weight is 366 g/mol. The van der Waals surface area contributed by atoms with Crippen molar-refractivity contribution in [3.63, 3.8) is 0 Å². The van der Waals surface area contributed by atoms with Crippen LogP contribution in [0.3, 0.4) is 0 Å². The van der Waals surface area contributed by atoms with Gasteiger partial charge in [0.25, 0.3) is 6.43 Å². The first-order valence-electron chi connectivity index (χ1n) is 3.24. The molecule has 0 saturated carbocycles. The third-order valence-electron chi connectivity index (χ3n) is 1.44. The highest BCUT2D eigenvalue weighted by Crippen LogP contribution is 2.28. The summed E-state index contributed by atoms with van der Waals surface area (Å²) in [5.41, 5.74) is -0.559. The molecule has 0 aliphatic rings. The topological polar surface area (TPSA) is 12.9 Å². The maximum absolute atomic E-state index is 13.2. The number of alkyl halides is 3. The molecule has 0 radical (unpaired) electrons. The van der Waals surface area contributed by atoms with Crippen LogP contribution >= 0.6 is 38.5 Å². The fourth-order valence-corrected chi connectivity index (χ4v) is 1.72. The van der Waals surface area contributed by atoms with Gasteiger partial charge >= 0.3 is 0 Å².